The molecule has 0 spiro atoms. The van der Waals surface area contributed by atoms with E-state index in [9.17, 15) is 17.2 Å². The zero-order chi connectivity index (χ0) is 14.2. The summed E-state index contributed by atoms with van der Waals surface area (Å²) in [7, 11) is -4.24. The zero-order valence-electron chi connectivity index (χ0n) is 10.0. The topological polar surface area (TPSA) is 83.6 Å². The summed E-state index contributed by atoms with van der Waals surface area (Å²) in [4.78, 5) is -0.986. The number of nitrogens with two attached hydrogens (primary N) is 1. The highest BCUT2D eigenvalue weighted by atomic mass is 32.2. The predicted molar refractivity (Wildman–Crippen MR) is 64.7 cm³/mol. The summed E-state index contributed by atoms with van der Waals surface area (Å²) in [6.45, 7) is 0.0393. The molecule has 1 aliphatic rings. The summed E-state index contributed by atoms with van der Waals surface area (Å²) < 4.78 is 52.7. The lowest BCUT2D eigenvalue weighted by molar-refractivity contribution is 0.233. The molecule has 1 heterocycles. The van der Waals surface area contributed by atoms with Crippen LogP contribution in [0.3, 0.4) is 0 Å². The molecule has 1 atom stereocenters. The van der Waals surface area contributed by atoms with E-state index >= 15 is 0 Å². The van der Waals surface area contributed by atoms with Crippen LogP contribution in [-0.4, -0.2) is 37.5 Å². The van der Waals surface area contributed by atoms with Crippen LogP contribution < -0.4 is 5.73 Å². The maximum atomic E-state index is 13.7. The lowest BCUT2D eigenvalue weighted by atomic mass is 10.1. The quantitative estimate of drug-likeness (QED) is 0.797. The van der Waals surface area contributed by atoms with Crippen LogP contribution >= 0.6 is 0 Å². The lowest BCUT2D eigenvalue weighted by Gasteiger charge is -2.17. The number of sulfonamides is 1. The minimum atomic E-state index is -4.24. The molecule has 0 aromatic heterocycles. The molecule has 0 bridgehead atoms. The Kier molecular flexibility index (Phi) is 3.75. The fraction of sp³-hybridized carbons (Fsp3) is 0.455. The summed E-state index contributed by atoms with van der Waals surface area (Å²) >= 11 is 0. The average Bonchev–Trinajstić information content (AvgIpc) is 2.75. The minimum absolute atomic E-state index is 0.0576. The van der Waals surface area contributed by atoms with Crippen molar-refractivity contribution >= 4 is 15.7 Å². The predicted octanol–water partition coefficient (Wildman–Crippen LogP) is 0.550. The molecule has 0 saturated carbocycles. The van der Waals surface area contributed by atoms with Crippen molar-refractivity contribution in [2.45, 2.75) is 11.3 Å². The Labute approximate surface area is 109 Å². The number of halogens is 2. The van der Waals surface area contributed by atoms with Gasteiger partial charge in [0.05, 0.1) is 0 Å². The van der Waals surface area contributed by atoms with Crippen LogP contribution in [0.15, 0.2) is 17.0 Å². The molecular formula is C11H14F2N2O3S. The van der Waals surface area contributed by atoms with Gasteiger partial charge in [0.2, 0.25) is 10.0 Å². The van der Waals surface area contributed by atoms with Crippen molar-refractivity contribution < 1.29 is 22.3 Å². The average molecular weight is 292 g/mol. The second kappa shape index (κ2) is 5.03. The molecule has 1 aliphatic heterocycles. The first-order valence-corrected chi connectivity index (χ1v) is 7.15. The molecular weight excluding hydrogens is 278 g/mol. The van der Waals surface area contributed by atoms with Gasteiger partial charge < -0.3 is 10.8 Å². The highest BCUT2D eigenvalue weighted by Crippen LogP contribution is 2.28. The largest absolute Gasteiger partial charge is 0.399 e. The maximum Gasteiger partial charge on any atom is 0.248 e. The van der Waals surface area contributed by atoms with Gasteiger partial charge in [-0.05, 0) is 24.5 Å². The van der Waals surface area contributed by atoms with Gasteiger partial charge in [0.25, 0.3) is 0 Å². The molecule has 1 saturated heterocycles. The number of benzene rings is 1. The first-order chi connectivity index (χ1) is 8.86. The monoisotopic (exact) mass is 292 g/mol. The molecule has 0 radical (unpaired) electrons. The van der Waals surface area contributed by atoms with Crippen LogP contribution in [0.1, 0.15) is 6.42 Å². The Balaban J connectivity index is 2.41. The van der Waals surface area contributed by atoms with E-state index < -0.39 is 26.6 Å². The van der Waals surface area contributed by atoms with Crippen LogP contribution in [0.4, 0.5) is 14.5 Å². The standard InChI is InChI=1S/C11H14F2N2O3S/c12-9-3-8(14)4-10(13)11(9)19(17,18)15-2-1-7(5-15)6-16/h3-4,7,16H,1-2,5-6,14H2. The van der Waals surface area contributed by atoms with Gasteiger partial charge in [-0.1, -0.05) is 0 Å². The summed E-state index contributed by atoms with van der Waals surface area (Å²) in [6, 6.07) is 1.55. The number of nitrogens with zero attached hydrogens (tertiary/aromatic N) is 1. The molecule has 106 valence electrons. The van der Waals surface area contributed by atoms with Crippen LogP contribution in [0.5, 0.6) is 0 Å². The Morgan fingerprint density at radius 3 is 2.42 bits per heavy atom. The second-order valence-corrected chi connectivity index (χ2v) is 6.39. The van der Waals surface area contributed by atoms with Crippen molar-refractivity contribution in [1.82, 2.24) is 4.31 Å². The third-order valence-corrected chi connectivity index (χ3v) is 5.04. The van der Waals surface area contributed by atoms with Crippen molar-refractivity contribution in [1.29, 1.82) is 0 Å². The Hall–Kier alpha value is -1.25. The number of hydrogen-bond donors (Lipinski definition) is 2. The second-order valence-electron chi connectivity index (χ2n) is 4.51. The van der Waals surface area contributed by atoms with Gasteiger partial charge in [0.1, 0.15) is 11.6 Å². The normalized spacial score (nSPS) is 20.9. The SMILES string of the molecule is Nc1cc(F)c(S(=O)(=O)N2CCC(CO)C2)c(F)c1. The van der Waals surface area contributed by atoms with Gasteiger partial charge in [0, 0.05) is 25.4 Å². The van der Waals surface area contributed by atoms with Gasteiger partial charge in [-0.2, -0.15) is 4.31 Å². The van der Waals surface area contributed by atoms with Gasteiger partial charge in [-0.3, -0.25) is 0 Å². The first-order valence-electron chi connectivity index (χ1n) is 5.71. The van der Waals surface area contributed by atoms with Crippen LogP contribution in [0.2, 0.25) is 0 Å². The van der Waals surface area contributed by atoms with E-state index in [1.54, 1.807) is 0 Å². The Morgan fingerprint density at radius 1 is 1.37 bits per heavy atom. The number of aliphatic hydroxyl groups is 1. The summed E-state index contributed by atoms with van der Waals surface area (Å²) in [5.74, 6) is -2.61. The molecule has 1 fully saturated rings. The molecule has 0 amide bonds. The highest BCUT2D eigenvalue weighted by molar-refractivity contribution is 7.89. The van der Waals surface area contributed by atoms with Gasteiger partial charge >= 0.3 is 0 Å². The number of aliphatic hydroxyl groups excluding tert-OH is 1. The van der Waals surface area contributed by atoms with E-state index in [0.717, 1.165) is 16.4 Å². The minimum Gasteiger partial charge on any atom is -0.399 e. The van der Waals surface area contributed by atoms with E-state index in [-0.39, 0.29) is 31.3 Å². The Morgan fingerprint density at radius 2 is 1.95 bits per heavy atom. The Bertz CT molecular complexity index is 569. The van der Waals surface area contributed by atoms with E-state index in [4.69, 9.17) is 10.8 Å². The third-order valence-electron chi connectivity index (χ3n) is 3.13. The summed E-state index contributed by atoms with van der Waals surface area (Å²) in [6.07, 6.45) is 0.466. The molecule has 3 N–H and O–H groups in total. The van der Waals surface area contributed by atoms with Crippen LogP contribution in [0.25, 0.3) is 0 Å². The van der Waals surface area contributed by atoms with Gasteiger partial charge in [-0.15, -0.1) is 0 Å². The number of nitrogen functional groups attached to an aromatic ring is 1. The highest BCUT2D eigenvalue weighted by Gasteiger charge is 2.36. The molecule has 5 nitrogen and oxygen atoms in total. The maximum absolute atomic E-state index is 13.7. The van der Waals surface area contributed by atoms with Crippen molar-refractivity contribution in [2.24, 2.45) is 5.92 Å². The molecule has 1 unspecified atom stereocenters. The van der Waals surface area contributed by atoms with Crippen molar-refractivity contribution in [3.63, 3.8) is 0 Å². The molecule has 1 aromatic carbocycles. The van der Waals surface area contributed by atoms with Crippen molar-refractivity contribution in [2.75, 3.05) is 25.4 Å². The van der Waals surface area contributed by atoms with Crippen LogP contribution in [-0.2, 0) is 10.0 Å². The van der Waals surface area contributed by atoms with E-state index in [0.29, 0.717) is 6.42 Å². The zero-order valence-corrected chi connectivity index (χ0v) is 10.8. The van der Waals surface area contributed by atoms with E-state index in [2.05, 4.69) is 0 Å². The van der Waals surface area contributed by atoms with Crippen LogP contribution in [0, 0.1) is 17.6 Å². The molecule has 1 aromatic rings. The summed E-state index contributed by atoms with van der Waals surface area (Å²) in [5, 5.41) is 8.98. The first kappa shape index (κ1) is 14.2. The third kappa shape index (κ3) is 2.56. The van der Waals surface area contributed by atoms with Gasteiger partial charge in [0.15, 0.2) is 4.90 Å². The molecule has 8 heteroatoms. The van der Waals surface area contributed by atoms with Crippen molar-refractivity contribution in [3.05, 3.63) is 23.8 Å². The molecule has 19 heavy (non-hydrogen) atoms. The number of hydrogen-bond acceptors (Lipinski definition) is 4. The van der Waals surface area contributed by atoms with E-state index in [1.807, 2.05) is 0 Å². The number of anilines is 1. The smallest absolute Gasteiger partial charge is 0.248 e. The summed E-state index contributed by atoms with van der Waals surface area (Å²) in [5.41, 5.74) is 5.07. The molecule has 2 rings (SSSR count). The van der Waals surface area contributed by atoms with Gasteiger partial charge in [-0.25, -0.2) is 17.2 Å². The number of rotatable bonds is 3. The lowest BCUT2D eigenvalue weighted by Crippen LogP contribution is -2.30. The molecule has 0 aliphatic carbocycles. The fourth-order valence-corrected chi connectivity index (χ4v) is 3.74. The van der Waals surface area contributed by atoms with E-state index in [1.165, 1.54) is 0 Å². The fourth-order valence-electron chi connectivity index (χ4n) is 2.12. The van der Waals surface area contributed by atoms with Crippen molar-refractivity contribution in [3.8, 4) is 0 Å².